The zero-order valence-corrected chi connectivity index (χ0v) is 19.9. The molecule has 0 spiro atoms. The molecule has 1 fully saturated rings. The third-order valence-corrected chi connectivity index (χ3v) is 6.02. The maximum atomic E-state index is 13.4. The summed E-state index contributed by atoms with van der Waals surface area (Å²) in [6, 6.07) is 14.7. The molecular formula is C26H22ClNO7. The number of amides is 1. The van der Waals surface area contributed by atoms with Gasteiger partial charge in [0.05, 0.1) is 49.2 Å². The number of aliphatic hydroxyl groups is 1. The lowest BCUT2D eigenvalue weighted by Gasteiger charge is -2.26. The van der Waals surface area contributed by atoms with E-state index in [1.807, 2.05) is 0 Å². The predicted octanol–water partition coefficient (Wildman–Crippen LogP) is 4.70. The molecule has 1 aliphatic rings. The van der Waals surface area contributed by atoms with E-state index in [9.17, 15) is 19.8 Å². The summed E-state index contributed by atoms with van der Waals surface area (Å²) in [5, 5.41) is 22.2. The van der Waals surface area contributed by atoms with Crippen LogP contribution in [0.3, 0.4) is 0 Å². The third kappa shape index (κ3) is 4.13. The highest BCUT2D eigenvalue weighted by molar-refractivity contribution is 6.52. The Hall–Kier alpha value is -4.17. The summed E-state index contributed by atoms with van der Waals surface area (Å²) in [6.07, 6.45) is 0. The number of phenolic OH excluding ortho intramolecular Hbond substituents is 1. The minimum atomic E-state index is -1.08. The van der Waals surface area contributed by atoms with Gasteiger partial charge in [0.1, 0.15) is 28.8 Å². The van der Waals surface area contributed by atoms with Crippen LogP contribution >= 0.6 is 11.6 Å². The monoisotopic (exact) mass is 495 g/mol. The minimum absolute atomic E-state index is 0.108. The molecule has 2 N–H and O–H groups in total. The van der Waals surface area contributed by atoms with Gasteiger partial charge in [-0.1, -0.05) is 35.9 Å². The second kappa shape index (κ2) is 9.60. The second-order valence-corrected chi connectivity index (χ2v) is 8.03. The molecule has 8 nitrogen and oxygen atoms in total. The van der Waals surface area contributed by atoms with Gasteiger partial charge in [-0.05, 0) is 35.9 Å². The van der Waals surface area contributed by atoms with E-state index in [1.165, 1.54) is 45.6 Å². The van der Waals surface area contributed by atoms with E-state index in [0.717, 1.165) is 4.90 Å². The number of anilines is 1. The summed E-state index contributed by atoms with van der Waals surface area (Å²) in [7, 11) is 4.28. The number of para-hydroxylation sites is 2. The number of hydrogen-bond donors (Lipinski definition) is 2. The smallest absolute Gasteiger partial charge is 0.300 e. The lowest BCUT2D eigenvalue weighted by atomic mass is 9.94. The first kappa shape index (κ1) is 24.0. The number of benzene rings is 3. The molecule has 4 rings (SSSR count). The van der Waals surface area contributed by atoms with Crippen LogP contribution in [-0.2, 0) is 9.59 Å². The second-order valence-electron chi connectivity index (χ2n) is 7.62. The molecule has 0 aliphatic carbocycles. The highest BCUT2D eigenvalue weighted by Gasteiger charge is 2.48. The molecule has 1 heterocycles. The van der Waals surface area contributed by atoms with Gasteiger partial charge in [0.15, 0.2) is 0 Å². The van der Waals surface area contributed by atoms with E-state index in [2.05, 4.69) is 0 Å². The van der Waals surface area contributed by atoms with Crippen LogP contribution in [0.5, 0.6) is 23.0 Å². The molecule has 1 aliphatic heterocycles. The van der Waals surface area contributed by atoms with Crippen LogP contribution < -0.4 is 19.1 Å². The number of carbonyl (C=O) groups is 2. The van der Waals surface area contributed by atoms with Gasteiger partial charge in [0.25, 0.3) is 11.7 Å². The van der Waals surface area contributed by atoms with E-state index in [0.29, 0.717) is 11.3 Å². The largest absolute Gasteiger partial charge is 0.507 e. The van der Waals surface area contributed by atoms with Crippen molar-refractivity contribution in [3.8, 4) is 23.0 Å². The van der Waals surface area contributed by atoms with Crippen molar-refractivity contribution >= 4 is 34.7 Å². The van der Waals surface area contributed by atoms with Crippen LogP contribution in [0.15, 0.2) is 66.2 Å². The Morgan fingerprint density at radius 3 is 2.29 bits per heavy atom. The molecular weight excluding hydrogens is 474 g/mol. The van der Waals surface area contributed by atoms with Gasteiger partial charge in [-0.25, -0.2) is 0 Å². The number of rotatable bonds is 6. The summed E-state index contributed by atoms with van der Waals surface area (Å²) in [6.45, 7) is 0. The van der Waals surface area contributed by atoms with Gasteiger partial charge in [-0.3, -0.25) is 14.5 Å². The van der Waals surface area contributed by atoms with Crippen LogP contribution in [0.4, 0.5) is 5.69 Å². The molecule has 1 saturated heterocycles. The fourth-order valence-corrected chi connectivity index (χ4v) is 4.30. The highest BCUT2D eigenvalue weighted by Crippen LogP contribution is 2.46. The molecule has 1 unspecified atom stereocenters. The fourth-order valence-electron chi connectivity index (χ4n) is 4.07. The Kier molecular flexibility index (Phi) is 6.57. The van der Waals surface area contributed by atoms with Crippen molar-refractivity contribution in [3.05, 3.63) is 82.4 Å². The Balaban J connectivity index is 2.03. The Bertz CT molecular complexity index is 1350. The number of hydrogen-bond acceptors (Lipinski definition) is 7. The first-order valence-corrected chi connectivity index (χ1v) is 10.8. The maximum absolute atomic E-state index is 13.4. The fraction of sp³-hybridized carbons (Fsp3) is 0.154. The first-order valence-electron chi connectivity index (χ1n) is 10.5. The average molecular weight is 496 g/mol. The van der Waals surface area contributed by atoms with Crippen LogP contribution in [0.25, 0.3) is 5.76 Å². The van der Waals surface area contributed by atoms with Gasteiger partial charge < -0.3 is 24.4 Å². The topological polar surface area (TPSA) is 106 Å². The third-order valence-electron chi connectivity index (χ3n) is 5.72. The summed E-state index contributed by atoms with van der Waals surface area (Å²) in [4.78, 5) is 27.8. The summed E-state index contributed by atoms with van der Waals surface area (Å²) in [5.74, 6) is -1.64. The van der Waals surface area contributed by atoms with Crippen molar-refractivity contribution in [3.63, 3.8) is 0 Å². The normalized spacial score (nSPS) is 16.9. The van der Waals surface area contributed by atoms with Gasteiger partial charge >= 0.3 is 0 Å². The van der Waals surface area contributed by atoms with Crippen molar-refractivity contribution in [2.75, 3.05) is 26.2 Å². The number of aliphatic hydroxyl groups excluding tert-OH is 1. The van der Waals surface area contributed by atoms with E-state index in [4.69, 9.17) is 25.8 Å². The predicted molar refractivity (Wildman–Crippen MR) is 130 cm³/mol. The standard InChI is InChI=1S/C26H22ClNO7/c1-33-15-8-6-7-14(11-15)23-22(24(30)16-12-21(35-3)17(27)13-20(16)34-2)25(31)26(32)28(23)18-9-4-5-10-19(18)29/h4-13,23,29-30H,1-3H3/b24-22+. The van der Waals surface area contributed by atoms with E-state index >= 15 is 0 Å². The van der Waals surface area contributed by atoms with Gasteiger partial charge in [0.2, 0.25) is 0 Å². The van der Waals surface area contributed by atoms with E-state index in [-0.39, 0.29) is 39.1 Å². The molecule has 1 atom stereocenters. The molecule has 35 heavy (non-hydrogen) atoms. The van der Waals surface area contributed by atoms with E-state index < -0.39 is 23.5 Å². The molecule has 3 aromatic carbocycles. The van der Waals surface area contributed by atoms with Crippen LogP contribution in [0.1, 0.15) is 17.2 Å². The van der Waals surface area contributed by atoms with Crippen LogP contribution in [0, 0.1) is 0 Å². The van der Waals surface area contributed by atoms with Gasteiger partial charge in [-0.15, -0.1) is 0 Å². The molecule has 1 amide bonds. The van der Waals surface area contributed by atoms with Crippen LogP contribution in [0.2, 0.25) is 5.02 Å². The average Bonchev–Trinajstić information content (AvgIpc) is 3.13. The Labute approximate surface area is 206 Å². The minimum Gasteiger partial charge on any atom is -0.507 e. The molecule has 180 valence electrons. The number of nitrogens with zero attached hydrogens (tertiary/aromatic N) is 1. The molecule has 0 saturated carbocycles. The summed E-state index contributed by atoms with van der Waals surface area (Å²) >= 11 is 6.20. The van der Waals surface area contributed by atoms with Crippen molar-refractivity contribution in [2.45, 2.75) is 6.04 Å². The van der Waals surface area contributed by atoms with Gasteiger partial charge in [0, 0.05) is 6.07 Å². The lowest BCUT2D eigenvalue weighted by molar-refractivity contribution is -0.132. The number of aromatic hydroxyl groups is 1. The number of methoxy groups -OCH3 is 3. The lowest BCUT2D eigenvalue weighted by Crippen LogP contribution is -2.29. The maximum Gasteiger partial charge on any atom is 0.300 e. The number of phenols is 1. The molecule has 9 heteroatoms. The van der Waals surface area contributed by atoms with E-state index in [1.54, 1.807) is 36.4 Å². The summed E-state index contributed by atoms with van der Waals surface area (Å²) < 4.78 is 16.0. The summed E-state index contributed by atoms with van der Waals surface area (Å²) in [5.41, 5.74) is 0.501. The Morgan fingerprint density at radius 2 is 1.63 bits per heavy atom. The zero-order valence-electron chi connectivity index (χ0n) is 19.1. The molecule has 0 radical (unpaired) electrons. The van der Waals surface area contributed by atoms with Crippen molar-refractivity contribution in [1.82, 2.24) is 0 Å². The quantitative estimate of drug-likeness (QED) is 0.290. The first-order chi connectivity index (χ1) is 16.8. The molecule has 0 aromatic heterocycles. The van der Waals surface area contributed by atoms with Gasteiger partial charge in [-0.2, -0.15) is 0 Å². The number of Topliss-reactive ketones (excluding diaryl/α,β-unsaturated/α-hetero) is 1. The van der Waals surface area contributed by atoms with Crippen molar-refractivity contribution in [1.29, 1.82) is 0 Å². The number of carbonyl (C=O) groups excluding carboxylic acids is 2. The van der Waals surface area contributed by atoms with Crippen molar-refractivity contribution < 1.29 is 34.0 Å². The highest BCUT2D eigenvalue weighted by atomic mass is 35.5. The number of ether oxygens (including phenoxy) is 3. The number of halogens is 1. The molecule has 0 bridgehead atoms. The zero-order chi connectivity index (χ0) is 25.3. The SMILES string of the molecule is COc1cccc(C2/C(=C(\O)c3cc(OC)c(Cl)cc3OC)C(=O)C(=O)N2c2ccccc2O)c1. The Morgan fingerprint density at radius 1 is 0.914 bits per heavy atom. The van der Waals surface area contributed by atoms with Crippen molar-refractivity contribution in [2.24, 2.45) is 0 Å². The van der Waals surface area contributed by atoms with Crippen LogP contribution in [-0.4, -0.2) is 43.2 Å². The molecule has 3 aromatic rings. The number of ketones is 1.